The van der Waals surface area contributed by atoms with Crippen molar-refractivity contribution in [3.63, 3.8) is 0 Å². The summed E-state index contributed by atoms with van der Waals surface area (Å²) in [6.45, 7) is 2.06. The molecule has 2 aromatic rings. The van der Waals surface area contributed by atoms with Gasteiger partial charge in [0.05, 0.1) is 11.9 Å². The Kier molecular flexibility index (Phi) is 3.59. The molecule has 0 spiro atoms. The van der Waals surface area contributed by atoms with Gasteiger partial charge in [0.15, 0.2) is 5.82 Å². The number of carbonyl (C=O) groups excluding carboxylic acids is 2. The molecule has 1 aliphatic rings. The molecule has 3 heterocycles. The normalized spacial score (nSPS) is 16.8. The van der Waals surface area contributed by atoms with Crippen molar-refractivity contribution >= 4 is 39.2 Å². The number of hydrogen-bond donors (Lipinski definition) is 1. The van der Waals surface area contributed by atoms with E-state index in [4.69, 9.17) is 0 Å². The lowest BCUT2D eigenvalue weighted by atomic mass is 9.98. The molecule has 3 rings (SSSR count). The summed E-state index contributed by atoms with van der Waals surface area (Å²) in [5.74, 6) is 1.06. The third kappa shape index (κ3) is 2.61. The highest BCUT2D eigenvalue weighted by molar-refractivity contribution is 7.16. The molecule has 6 nitrogen and oxygen atoms in total. The van der Waals surface area contributed by atoms with Crippen molar-refractivity contribution in [1.82, 2.24) is 14.9 Å². The van der Waals surface area contributed by atoms with Crippen LogP contribution >= 0.6 is 11.3 Å². The minimum Gasteiger partial charge on any atom is -0.372 e. The number of amides is 2. The molecule has 0 aromatic carbocycles. The maximum Gasteiger partial charge on any atom is 0.229 e. The van der Waals surface area contributed by atoms with Crippen LogP contribution in [-0.4, -0.2) is 33.7 Å². The summed E-state index contributed by atoms with van der Waals surface area (Å²) >= 11 is 1.52. The molecular weight excluding hydrogens is 288 g/mol. The molecule has 1 N–H and O–H groups in total. The number of carbonyl (C=O) groups is 2. The lowest BCUT2D eigenvalue weighted by molar-refractivity contribution is -0.150. The summed E-state index contributed by atoms with van der Waals surface area (Å²) in [5.41, 5.74) is 0. The highest BCUT2D eigenvalue weighted by atomic mass is 32.1. The fourth-order valence-electron chi connectivity index (χ4n) is 2.51. The highest BCUT2D eigenvalue weighted by Crippen LogP contribution is 2.26. The van der Waals surface area contributed by atoms with Crippen LogP contribution < -0.4 is 5.32 Å². The van der Waals surface area contributed by atoms with E-state index in [0.717, 1.165) is 16.0 Å². The van der Waals surface area contributed by atoms with Crippen LogP contribution in [0.3, 0.4) is 0 Å². The summed E-state index contributed by atoms with van der Waals surface area (Å²) in [6.07, 6.45) is 0.817. The smallest absolute Gasteiger partial charge is 0.229 e. The molecule has 0 atom stereocenters. The number of nitrogens with one attached hydrogen (secondary N) is 1. The van der Waals surface area contributed by atoms with Gasteiger partial charge in [0.2, 0.25) is 11.8 Å². The van der Waals surface area contributed by atoms with Gasteiger partial charge in [-0.1, -0.05) is 6.92 Å². The molecule has 21 heavy (non-hydrogen) atoms. The third-order valence-electron chi connectivity index (χ3n) is 3.56. The van der Waals surface area contributed by atoms with Gasteiger partial charge in [-0.25, -0.2) is 9.97 Å². The monoisotopic (exact) mass is 304 g/mol. The first-order chi connectivity index (χ1) is 10.1. The molecule has 1 fully saturated rings. The van der Waals surface area contributed by atoms with Gasteiger partial charge in [0.1, 0.15) is 10.6 Å². The molecule has 0 radical (unpaired) electrons. The third-order valence-corrected chi connectivity index (χ3v) is 4.36. The maximum absolute atomic E-state index is 12.0. The average molecular weight is 304 g/mol. The zero-order chi connectivity index (χ0) is 15.0. The molecule has 1 aliphatic heterocycles. The summed E-state index contributed by atoms with van der Waals surface area (Å²) in [4.78, 5) is 35.0. The number of aromatic nitrogens is 2. The van der Waals surface area contributed by atoms with Crippen LogP contribution in [0.2, 0.25) is 0 Å². The van der Waals surface area contributed by atoms with Crippen LogP contribution in [-0.2, 0) is 16.1 Å². The molecule has 1 saturated heterocycles. The Hall–Kier alpha value is -2.02. The Morgan fingerprint density at radius 3 is 2.71 bits per heavy atom. The van der Waals surface area contributed by atoms with Crippen LogP contribution in [0.25, 0.3) is 10.2 Å². The molecule has 0 saturated carbocycles. The SMILES string of the molecule is CNc1nc(CN2C(=O)CC(C)CC2=O)nc2sccc12. The lowest BCUT2D eigenvalue weighted by Gasteiger charge is -2.27. The van der Waals surface area contributed by atoms with E-state index in [1.54, 1.807) is 7.05 Å². The van der Waals surface area contributed by atoms with Crippen molar-refractivity contribution in [1.29, 1.82) is 0 Å². The second-order valence-corrected chi connectivity index (χ2v) is 6.16. The van der Waals surface area contributed by atoms with Gasteiger partial charge >= 0.3 is 0 Å². The molecule has 7 heteroatoms. The molecule has 0 unspecified atom stereocenters. The first-order valence-electron chi connectivity index (χ1n) is 6.83. The van der Waals surface area contributed by atoms with E-state index in [2.05, 4.69) is 15.3 Å². The second-order valence-electron chi connectivity index (χ2n) is 5.26. The minimum atomic E-state index is -0.139. The van der Waals surface area contributed by atoms with Gasteiger partial charge in [-0.2, -0.15) is 0 Å². The summed E-state index contributed by atoms with van der Waals surface area (Å²) in [6, 6.07) is 1.95. The Balaban J connectivity index is 1.90. The number of anilines is 1. The molecule has 2 aromatic heterocycles. The van der Waals surface area contributed by atoms with Crippen LogP contribution in [0.5, 0.6) is 0 Å². The Morgan fingerprint density at radius 2 is 2.05 bits per heavy atom. The fourth-order valence-corrected chi connectivity index (χ4v) is 3.29. The highest BCUT2D eigenvalue weighted by Gasteiger charge is 2.31. The summed E-state index contributed by atoms with van der Waals surface area (Å²) in [7, 11) is 1.79. The van der Waals surface area contributed by atoms with Crippen molar-refractivity contribution in [3.8, 4) is 0 Å². The van der Waals surface area contributed by atoms with Gasteiger partial charge in [-0.05, 0) is 17.4 Å². The number of likely N-dealkylation sites (tertiary alicyclic amines) is 1. The first kappa shape index (κ1) is 13.9. The number of hydrogen-bond acceptors (Lipinski definition) is 6. The number of piperidine rings is 1. The number of fused-ring (bicyclic) bond motifs is 1. The summed E-state index contributed by atoms with van der Waals surface area (Å²) < 4.78 is 0. The predicted octanol–water partition coefficient (Wildman–Crippen LogP) is 2.02. The Labute approximate surface area is 126 Å². The van der Waals surface area contributed by atoms with Crippen molar-refractivity contribution in [2.75, 3.05) is 12.4 Å². The van der Waals surface area contributed by atoms with Crippen molar-refractivity contribution in [2.24, 2.45) is 5.92 Å². The predicted molar refractivity (Wildman–Crippen MR) is 80.9 cm³/mol. The van der Waals surface area contributed by atoms with Crippen LogP contribution in [0.4, 0.5) is 5.82 Å². The van der Waals surface area contributed by atoms with Gasteiger partial charge in [0, 0.05) is 19.9 Å². The van der Waals surface area contributed by atoms with E-state index >= 15 is 0 Å². The van der Waals surface area contributed by atoms with Crippen molar-refractivity contribution < 1.29 is 9.59 Å². The van der Waals surface area contributed by atoms with Crippen molar-refractivity contribution in [3.05, 3.63) is 17.3 Å². The number of nitrogens with zero attached hydrogens (tertiary/aromatic N) is 3. The molecule has 2 amide bonds. The lowest BCUT2D eigenvalue weighted by Crippen LogP contribution is -2.42. The molecular formula is C14H16N4O2S. The van der Waals surface area contributed by atoms with Crippen LogP contribution in [0.1, 0.15) is 25.6 Å². The van der Waals surface area contributed by atoms with E-state index in [1.165, 1.54) is 16.2 Å². The van der Waals surface area contributed by atoms with Gasteiger partial charge in [0.25, 0.3) is 0 Å². The maximum atomic E-state index is 12.0. The Morgan fingerprint density at radius 1 is 1.33 bits per heavy atom. The standard InChI is InChI=1S/C14H16N4O2S/c1-8-5-11(19)18(12(20)6-8)7-10-16-13(15-2)9-3-4-21-14(9)17-10/h3-4,8H,5-7H2,1-2H3,(H,15,16,17). The summed E-state index contributed by atoms with van der Waals surface area (Å²) in [5, 5.41) is 5.93. The number of rotatable bonds is 3. The molecule has 0 bridgehead atoms. The molecule has 0 aliphatic carbocycles. The van der Waals surface area contributed by atoms with Crippen LogP contribution in [0, 0.1) is 5.92 Å². The molecule has 110 valence electrons. The first-order valence-corrected chi connectivity index (χ1v) is 7.71. The second kappa shape index (κ2) is 5.40. The van der Waals surface area contributed by atoms with Gasteiger partial charge in [-0.15, -0.1) is 11.3 Å². The zero-order valence-electron chi connectivity index (χ0n) is 11.9. The van der Waals surface area contributed by atoms with Crippen LogP contribution in [0.15, 0.2) is 11.4 Å². The average Bonchev–Trinajstić information content (AvgIpc) is 2.90. The van der Waals surface area contributed by atoms with Gasteiger partial charge < -0.3 is 5.32 Å². The quantitative estimate of drug-likeness (QED) is 0.878. The van der Waals surface area contributed by atoms with Crippen molar-refractivity contribution in [2.45, 2.75) is 26.3 Å². The van der Waals surface area contributed by atoms with E-state index in [-0.39, 0.29) is 24.3 Å². The van der Waals surface area contributed by atoms with E-state index in [0.29, 0.717) is 18.7 Å². The van der Waals surface area contributed by atoms with E-state index < -0.39 is 0 Å². The minimum absolute atomic E-state index is 0.120. The van der Waals surface area contributed by atoms with E-state index in [1.807, 2.05) is 18.4 Å². The van der Waals surface area contributed by atoms with Gasteiger partial charge in [-0.3, -0.25) is 14.5 Å². The zero-order valence-corrected chi connectivity index (χ0v) is 12.7. The topological polar surface area (TPSA) is 75.2 Å². The van der Waals surface area contributed by atoms with E-state index in [9.17, 15) is 9.59 Å². The fraction of sp³-hybridized carbons (Fsp3) is 0.429. The largest absolute Gasteiger partial charge is 0.372 e. The Bertz CT molecular complexity index is 694. The number of imide groups is 1. The number of thiophene rings is 1.